The van der Waals surface area contributed by atoms with E-state index in [2.05, 4.69) is 48.7 Å². The number of amides is 1. The minimum Gasteiger partial charge on any atom is -0.444 e. The molecule has 3 unspecified atom stereocenters. The van der Waals surface area contributed by atoms with E-state index in [9.17, 15) is 4.79 Å². The number of ether oxygens (including phenoxy) is 1. The van der Waals surface area contributed by atoms with Crippen LogP contribution in [0.5, 0.6) is 0 Å². The van der Waals surface area contributed by atoms with Gasteiger partial charge in [-0.1, -0.05) is 44.2 Å². The van der Waals surface area contributed by atoms with Crippen molar-refractivity contribution in [3.8, 4) is 0 Å². The lowest BCUT2D eigenvalue weighted by Gasteiger charge is -2.22. The lowest BCUT2D eigenvalue weighted by Crippen LogP contribution is -2.37. The first-order valence-corrected chi connectivity index (χ1v) is 8.55. The second kappa shape index (κ2) is 7.35. The lowest BCUT2D eigenvalue weighted by atomic mass is 9.97. The van der Waals surface area contributed by atoms with Crippen molar-refractivity contribution in [3.63, 3.8) is 0 Å². The van der Waals surface area contributed by atoms with Crippen molar-refractivity contribution in [3.05, 3.63) is 35.9 Å². The third kappa shape index (κ3) is 6.22. The summed E-state index contributed by atoms with van der Waals surface area (Å²) in [7, 11) is 0. The maximum Gasteiger partial charge on any atom is 0.407 e. The molecule has 2 rings (SSSR count). The van der Waals surface area contributed by atoms with E-state index >= 15 is 0 Å². The van der Waals surface area contributed by atoms with E-state index in [4.69, 9.17) is 4.74 Å². The molecule has 1 amide bonds. The molecule has 1 aliphatic carbocycles. The highest BCUT2D eigenvalue weighted by molar-refractivity contribution is 5.68. The van der Waals surface area contributed by atoms with Crippen LogP contribution in [0.1, 0.15) is 59.1 Å². The number of carbonyl (C=O) groups excluding carboxylic acids is 1. The van der Waals surface area contributed by atoms with Gasteiger partial charge in [0.15, 0.2) is 0 Å². The van der Waals surface area contributed by atoms with Crippen LogP contribution in [0.15, 0.2) is 30.3 Å². The first-order valence-electron chi connectivity index (χ1n) is 8.55. The summed E-state index contributed by atoms with van der Waals surface area (Å²) in [6, 6.07) is 11.3. The molecule has 0 aromatic heterocycles. The van der Waals surface area contributed by atoms with Crippen LogP contribution in [0.4, 0.5) is 4.79 Å². The lowest BCUT2D eigenvalue weighted by molar-refractivity contribution is 0.0521. The average molecular weight is 318 g/mol. The van der Waals surface area contributed by atoms with Gasteiger partial charge in [-0.25, -0.2) is 4.79 Å². The predicted molar refractivity (Wildman–Crippen MR) is 93.3 cm³/mol. The molecule has 3 atom stereocenters. The minimum atomic E-state index is -0.452. The van der Waals surface area contributed by atoms with E-state index in [0.29, 0.717) is 18.0 Å². The Bertz CT molecular complexity index is 508. The molecule has 1 aromatic rings. The average Bonchev–Trinajstić information content (AvgIpc) is 3.14. The normalized spacial score (nSPS) is 21.8. The van der Waals surface area contributed by atoms with E-state index in [1.165, 1.54) is 5.56 Å². The third-order valence-electron chi connectivity index (χ3n) is 3.82. The third-order valence-corrected chi connectivity index (χ3v) is 3.82. The fourth-order valence-electron chi connectivity index (χ4n) is 2.71. The number of nitrogens with one attached hydrogen (secondary N) is 2. The Balaban J connectivity index is 1.86. The van der Waals surface area contributed by atoms with Crippen LogP contribution in [0.2, 0.25) is 0 Å². The first kappa shape index (κ1) is 17.8. The molecular formula is C19H30N2O2. The number of hydrogen-bond acceptors (Lipinski definition) is 3. The van der Waals surface area contributed by atoms with Crippen LogP contribution < -0.4 is 10.6 Å². The van der Waals surface area contributed by atoms with Crippen molar-refractivity contribution < 1.29 is 9.53 Å². The molecule has 4 heteroatoms. The second-order valence-corrected chi connectivity index (χ2v) is 7.85. The van der Waals surface area contributed by atoms with Gasteiger partial charge in [0.25, 0.3) is 0 Å². The van der Waals surface area contributed by atoms with E-state index in [1.807, 2.05) is 26.8 Å². The molecule has 0 spiro atoms. The molecule has 1 fully saturated rings. The molecule has 1 aliphatic rings. The molecule has 1 aromatic carbocycles. The molecular weight excluding hydrogens is 288 g/mol. The minimum absolute atomic E-state index is 0.170. The monoisotopic (exact) mass is 318 g/mol. The SMILES string of the molecule is CC(C)CC(NC1CC1NC(=O)OC(C)(C)C)c1ccccc1. The molecule has 128 valence electrons. The maximum atomic E-state index is 11.8. The van der Waals surface area contributed by atoms with Crippen LogP contribution in [0.25, 0.3) is 0 Å². The van der Waals surface area contributed by atoms with Crippen LogP contribution in [-0.4, -0.2) is 23.8 Å². The zero-order valence-corrected chi connectivity index (χ0v) is 14.9. The highest BCUT2D eigenvalue weighted by Gasteiger charge is 2.40. The van der Waals surface area contributed by atoms with Gasteiger partial charge < -0.3 is 15.4 Å². The molecule has 2 N–H and O–H groups in total. The van der Waals surface area contributed by atoms with Gasteiger partial charge in [-0.2, -0.15) is 0 Å². The van der Waals surface area contributed by atoms with Crippen molar-refractivity contribution in [1.82, 2.24) is 10.6 Å². The standard InChI is InChI=1S/C19H30N2O2/c1-13(2)11-15(14-9-7-6-8-10-14)20-16-12-17(16)21-18(22)23-19(3,4)5/h6-10,13,15-17,20H,11-12H2,1-5H3,(H,21,22). The van der Waals surface area contributed by atoms with E-state index in [0.717, 1.165) is 12.8 Å². The molecule has 4 nitrogen and oxygen atoms in total. The number of benzene rings is 1. The number of alkyl carbamates (subject to hydrolysis) is 1. The maximum absolute atomic E-state index is 11.8. The summed E-state index contributed by atoms with van der Waals surface area (Å²) in [6.45, 7) is 10.1. The van der Waals surface area contributed by atoms with Gasteiger partial charge in [0.1, 0.15) is 5.60 Å². The zero-order chi connectivity index (χ0) is 17.0. The number of rotatable bonds is 6. The number of hydrogen-bond donors (Lipinski definition) is 2. The Morgan fingerprint density at radius 2 is 1.87 bits per heavy atom. The van der Waals surface area contributed by atoms with Crippen molar-refractivity contribution in [2.45, 2.75) is 71.2 Å². The van der Waals surface area contributed by atoms with Gasteiger partial charge in [-0.05, 0) is 45.1 Å². The Labute approximate surface area is 140 Å². The molecule has 0 aliphatic heterocycles. The van der Waals surface area contributed by atoms with Gasteiger partial charge in [-0.3, -0.25) is 0 Å². The largest absolute Gasteiger partial charge is 0.444 e. The molecule has 0 radical (unpaired) electrons. The fourth-order valence-corrected chi connectivity index (χ4v) is 2.71. The van der Waals surface area contributed by atoms with Gasteiger partial charge in [0.05, 0.1) is 0 Å². The van der Waals surface area contributed by atoms with E-state index < -0.39 is 5.60 Å². The van der Waals surface area contributed by atoms with Crippen molar-refractivity contribution >= 4 is 6.09 Å². The molecule has 0 bridgehead atoms. The van der Waals surface area contributed by atoms with E-state index in [-0.39, 0.29) is 12.1 Å². The van der Waals surface area contributed by atoms with Crippen molar-refractivity contribution in [2.24, 2.45) is 5.92 Å². The predicted octanol–water partition coefficient (Wildman–Crippen LogP) is 4.03. The van der Waals surface area contributed by atoms with Crippen LogP contribution in [-0.2, 0) is 4.74 Å². The summed E-state index contributed by atoms with van der Waals surface area (Å²) in [6.07, 6.45) is 1.72. The Hall–Kier alpha value is -1.55. The summed E-state index contributed by atoms with van der Waals surface area (Å²) in [5.41, 5.74) is 0.857. The molecule has 0 saturated heterocycles. The quantitative estimate of drug-likeness (QED) is 0.832. The van der Waals surface area contributed by atoms with Crippen LogP contribution >= 0.6 is 0 Å². The van der Waals surface area contributed by atoms with Gasteiger partial charge in [0.2, 0.25) is 0 Å². The molecule has 1 saturated carbocycles. The van der Waals surface area contributed by atoms with Gasteiger partial charge in [-0.15, -0.1) is 0 Å². The summed E-state index contributed by atoms with van der Waals surface area (Å²) in [5.74, 6) is 0.615. The Kier molecular flexibility index (Phi) is 5.69. The summed E-state index contributed by atoms with van der Waals surface area (Å²) in [4.78, 5) is 11.8. The van der Waals surface area contributed by atoms with Gasteiger partial charge in [0, 0.05) is 18.1 Å². The Morgan fingerprint density at radius 3 is 2.43 bits per heavy atom. The van der Waals surface area contributed by atoms with Crippen LogP contribution in [0, 0.1) is 5.92 Å². The molecule has 23 heavy (non-hydrogen) atoms. The highest BCUT2D eigenvalue weighted by Crippen LogP contribution is 2.29. The molecule has 0 heterocycles. The highest BCUT2D eigenvalue weighted by atomic mass is 16.6. The van der Waals surface area contributed by atoms with Crippen molar-refractivity contribution in [2.75, 3.05) is 0 Å². The number of carbonyl (C=O) groups is 1. The zero-order valence-electron chi connectivity index (χ0n) is 14.9. The first-order chi connectivity index (χ1) is 10.7. The van der Waals surface area contributed by atoms with E-state index in [1.54, 1.807) is 0 Å². The second-order valence-electron chi connectivity index (χ2n) is 7.85. The smallest absolute Gasteiger partial charge is 0.407 e. The van der Waals surface area contributed by atoms with Crippen molar-refractivity contribution in [1.29, 1.82) is 0 Å². The summed E-state index contributed by atoms with van der Waals surface area (Å²) < 4.78 is 5.31. The summed E-state index contributed by atoms with van der Waals surface area (Å²) >= 11 is 0. The summed E-state index contributed by atoms with van der Waals surface area (Å²) in [5, 5.41) is 6.63. The Morgan fingerprint density at radius 1 is 1.22 bits per heavy atom. The van der Waals surface area contributed by atoms with Crippen LogP contribution in [0.3, 0.4) is 0 Å². The fraction of sp³-hybridized carbons (Fsp3) is 0.632. The van der Waals surface area contributed by atoms with Gasteiger partial charge >= 0.3 is 6.09 Å². The topological polar surface area (TPSA) is 50.4 Å².